The number of hydrogen-bond donors (Lipinski definition) is 1. The van der Waals surface area contributed by atoms with Gasteiger partial charge in [-0.15, -0.1) is 0 Å². The number of anilines is 2. The van der Waals surface area contributed by atoms with Gasteiger partial charge in [0.2, 0.25) is 5.95 Å². The molecule has 2 saturated heterocycles. The summed E-state index contributed by atoms with van der Waals surface area (Å²) < 4.78 is 5.75. The Hall–Kier alpha value is -1.36. The average molecular weight is 206 g/mol. The Morgan fingerprint density at radius 3 is 2.73 bits per heavy atom. The second kappa shape index (κ2) is 3.34. The SMILES string of the molecule is Nc1ccnc(N2CC3CCC(C2)O3)n1. The van der Waals surface area contributed by atoms with Crippen molar-refractivity contribution in [2.45, 2.75) is 25.0 Å². The molecule has 0 saturated carbocycles. The third-order valence-corrected chi connectivity index (χ3v) is 2.99. The number of ether oxygens (including phenoxy) is 1. The van der Waals surface area contributed by atoms with Crippen molar-refractivity contribution < 1.29 is 4.74 Å². The van der Waals surface area contributed by atoms with E-state index in [-0.39, 0.29) is 0 Å². The first kappa shape index (κ1) is 8.91. The Bertz CT molecular complexity index is 358. The first-order chi connectivity index (χ1) is 7.31. The van der Waals surface area contributed by atoms with Gasteiger partial charge in [-0.05, 0) is 18.9 Å². The van der Waals surface area contributed by atoms with Crippen LogP contribution in [0.1, 0.15) is 12.8 Å². The van der Waals surface area contributed by atoms with Gasteiger partial charge in [0.15, 0.2) is 0 Å². The van der Waals surface area contributed by atoms with E-state index >= 15 is 0 Å². The number of nitrogen functional groups attached to an aromatic ring is 1. The molecule has 3 heterocycles. The molecule has 2 unspecified atom stereocenters. The standard InChI is InChI=1S/C10H14N4O/c11-9-3-4-12-10(13-9)14-5-7-1-2-8(6-14)15-7/h3-4,7-8H,1-2,5-6H2,(H2,11,12,13). The van der Waals surface area contributed by atoms with Crippen molar-refractivity contribution >= 4 is 11.8 Å². The first-order valence-electron chi connectivity index (χ1n) is 5.30. The lowest BCUT2D eigenvalue weighted by Crippen LogP contribution is -2.43. The summed E-state index contributed by atoms with van der Waals surface area (Å²) in [7, 11) is 0. The predicted octanol–water partition coefficient (Wildman–Crippen LogP) is 0.426. The number of rotatable bonds is 1. The molecule has 2 atom stereocenters. The maximum atomic E-state index is 5.75. The quantitative estimate of drug-likeness (QED) is 0.721. The minimum Gasteiger partial charge on any atom is -0.384 e. The summed E-state index contributed by atoms with van der Waals surface area (Å²) in [5.74, 6) is 1.26. The Morgan fingerprint density at radius 2 is 2.07 bits per heavy atom. The van der Waals surface area contributed by atoms with Crippen LogP contribution in [0.3, 0.4) is 0 Å². The fourth-order valence-corrected chi connectivity index (χ4v) is 2.29. The van der Waals surface area contributed by atoms with Crippen LogP contribution in [0.15, 0.2) is 12.3 Å². The molecule has 15 heavy (non-hydrogen) atoms. The number of nitrogens with zero attached hydrogens (tertiary/aromatic N) is 3. The van der Waals surface area contributed by atoms with Gasteiger partial charge in [0.05, 0.1) is 12.2 Å². The summed E-state index contributed by atoms with van der Waals surface area (Å²) in [6.07, 6.45) is 4.73. The highest BCUT2D eigenvalue weighted by atomic mass is 16.5. The van der Waals surface area contributed by atoms with E-state index in [4.69, 9.17) is 10.5 Å². The van der Waals surface area contributed by atoms with E-state index in [2.05, 4.69) is 14.9 Å². The van der Waals surface area contributed by atoms with Gasteiger partial charge in [-0.3, -0.25) is 0 Å². The fourth-order valence-electron chi connectivity index (χ4n) is 2.29. The van der Waals surface area contributed by atoms with Gasteiger partial charge in [-0.2, -0.15) is 4.98 Å². The van der Waals surface area contributed by atoms with E-state index in [0.717, 1.165) is 31.9 Å². The van der Waals surface area contributed by atoms with E-state index in [1.807, 2.05) is 0 Å². The Morgan fingerprint density at radius 1 is 1.33 bits per heavy atom. The number of nitrogens with two attached hydrogens (primary N) is 1. The fraction of sp³-hybridized carbons (Fsp3) is 0.600. The smallest absolute Gasteiger partial charge is 0.227 e. The lowest BCUT2D eigenvalue weighted by molar-refractivity contribution is 0.0299. The Kier molecular flexibility index (Phi) is 1.98. The highest BCUT2D eigenvalue weighted by Crippen LogP contribution is 2.28. The number of aromatic nitrogens is 2. The van der Waals surface area contributed by atoms with Gasteiger partial charge in [0.1, 0.15) is 5.82 Å². The van der Waals surface area contributed by atoms with Crippen LogP contribution in [-0.4, -0.2) is 35.3 Å². The molecule has 2 N–H and O–H groups in total. The molecule has 0 aliphatic carbocycles. The first-order valence-corrected chi connectivity index (χ1v) is 5.30. The Balaban J connectivity index is 1.83. The van der Waals surface area contributed by atoms with Crippen LogP contribution in [0.25, 0.3) is 0 Å². The second-order valence-corrected chi connectivity index (χ2v) is 4.14. The van der Waals surface area contributed by atoms with Crippen LogP contribution in [0, 0.1) is 0 Å². The molecule has 1 aromatic heterocycles. The molecule has 80 valence electrons. The summed E-state index contributed by atoms with van der Waals surface area (Å²) >= 11 is 0. The minimum atomic E-state index is 0.355. The van der Waals surface area contributed by atoms with Crippen molar-refractivity contribution in [3.05, 3.63) is 12.3 Å². The lowest BCUT2D eigenvalue weighted by Gasteiger charge is -2.32. The highest BCUT2D eigenvalue weighted by molar-refractivity contribution is 5.38. The highest BCUT2D eigenvalue weighted by Gasteiger charge is 2.34. The molecule has 0 amide bonds. The van der Waals surface area contributed by atoms with E-state index < -0.39 is 0 Å². The molecule has 0 aromatic carbocycles. The van der Waals surface area contributed by atoms with Crippen LogP contribution in [0.2, 0.25) is 0 Å². The molecular weight excluding hydrogens is 192 g/mol. The van der Waals surface area contributed by atoms with Crippen LogP contribution < -0.4 is 10.6 Å². The molecule has 3 rings (SSSR count). The molecule has 2 fully saturated rings. The van der Waals surface area contributed by atoms with Crippen LogP contribution in [0.5, 0.6) is 0 Å². The van der Waals surface area contributed by atoms with Crippen molar-refractivity contribution in [2.24, 2.45) is 0 Å². The molecule has 2 bridgehead atoms. The molecule has 5 nitrogen and oxygen atoms in total. The van der Waals surface area contributed by atoms with Gasteiger partial charge in [-0.25, -0.2) is 4.98 Å². The van der Waals surface area contributed by atoms with Crippen LogP contribution in [-0.2, 0) is 4.74 Å². The predicted molar refractivity (Wildman–Crippen MR) is 56.6 cm³/mol. The largest absolute Gasteiger partial charge is 0.384 e. The molecular formula is C10H14N4O. The summed E-state index contributed by atoms with van der Waals surface area (Å²) in [5, 5.41) is 0. The maximum absolute atomic E-state index is 5.75. The van der Waals surface area contributed by atoms with Gasteiger partial charge in [-0.1, -0.05) is 0 Å². The van der Waals surface area contributed by atoms with Crippen molar-refractivity contribution in [1.29, 1.82) is 0 Å². The van der Waals surface area contributed by atoms with Crippen molar-refractivity contribution in [3.8, 4) is 0 Å². The van der Waals surface area contributed by atoms with Crippen molar-refractivity contribution in [3.63, 3.8) is 0 Å². The Labute approximate surface area is 88.3 Å². The summed E-state index contributed by atoms with van der Waals surface area (Å²) in [6.45, 7) is 1.78. The molecule has 2 aliphatic rings. The molecule has 5 heteroatoms. The van der Waals surface area contributed by atoms with Gasteiger partial charge in [0, 0.05) is 19.3 Å². The van der Waals surface area contributed by atoms with E-state index in [1.54, 1.807) is 12.3 Å². The topological polar surface area (TPSA) is 64.3 Å². The zero-order valence-corrected chi connectivity index (χ0v) is 8.47. The summed E-state index contributed by atoms with van der Waals surface area (Å²) in [5.41, 5.74) is 5.64. The molecule has 1 aromatic rings. The number of hydrogen-bond acceptors (Lipinski definition) is 5. The normalized spacial score (nSPS) is 29.5. The zero-order chi connectivity index (χ0) is 10.3. The maximum Gasteiger partial charge on any atom is 0.227 e. The molecule has 0 spiro atoms. The molecule has 2 aliphatic heterocycles. The third kappa shape index (κ3) is 1.63. The van der Waals surface area contributed by atoms with Crippen LogP contribution in [0.4, 0.5) is 11.8 Å². The van der Waals surface area contributed by atoms with Crippen LogP contribution >= 0.6 is 0 Å². The minimum absolute atomic E-state index is 0.355. The molecule has 0 radical (unpaired) electrons. The summed E-state index contributed by atoms with van der Waals surface area (Å²) in [6, 6.07) is 1.71. The number of morpholine rings is 1. The third-order valence-electron chi connectivity index (χ3n) is 2.99. The van der Waals surface area contributed by atoms with Gasteiger partial charge in [0.25, 0.3) is 0 Å². The lowest BCUT2D eigenvalue weighted by atomic mass is 10.2. The summed E-state index contributed by atoms with van der Waals surface area (Å²) in [4.78, 5) is 10.6. The second-order valence-electron chi connectivity index (χ2n) is 4.14. The van der Waals surface area contributed by atoms with E-state index in [0.29, 0.717) is 18.0 Å². The number of fused-ring (bicyclic) bond motifs is 2. The van der Waals surface area contributed by atoms with Gasteiger partial charge < -0.3 is 15.4 Å². The van der Waals surface area contributed by atoms with E-state index in [1.165, 1.54) is 0 Å². The van der Waals surface area contributed by atoms with Crippen molar-refractivity contribution in [2.75, 3.05) is 23.7 Å². The van der Waals surface area contributed by atoms with Gasteiger partial charge >= 0.3 is 0 Å². The van der Waals surface area contributed by atoms with Crippen molar-refractivity contribution in [1.82, 2.24) is 9.97 Å². The monoisotopic (exact) mass is 206 g/mol. The zero-order valence-electron chi connectivity index (χ0n) is 8.47. The average Bonchev–Trinajstić information content (AvgIpc) is 2.58. The van der Waals surface area contributed by atoms with E-state index in [9.17, 15) is 0 Å².